The molecule has 6 nitrogen and oxygen atoms in total. The molecule has 0 saturated carbocycles. The van der Waals surface area contributed by atoms with Crippen molar-refractivity contribution in [3.63, 3.8) is 0 Å². The zero-order valence-electron chi connectivity index (χ0n) is 55.5. The third kappa shape index (κ3) is 67.2. The summed E-state index contributed by atoms with van der Waals surface area (Å²) in [6.07, 6.45) is 92.0. The predicted molar refractivity (Wildman–Crippen MR) is 361 cm³/mol. The average molecular weight is 1150 g/mol. The van der Waals surface area contributed by atoms with Crippen molar-refractivity contribution < 1.29 is 24.5 Å². The van der Waals surface area contributed by atoms with Crippen LogP contribution in [0.4, 0.5) is 0 Å². The van der Waals surface area contributed by atoms with Crippen LogP contribution in [0.5, 0.6) is 0 Å². The Morgan fingerprint density at radius 2 is 0.610 bits per heavy atom. The summed E-state index contributed by atoms with van der Waals surface area (Å²) >= 11 is 0. The lowest BCUT2D eigenvalue weighted by atomic mass is 10.0. The van der Waals surface area contributed by atoms with Crippen LogP contribution in [0.15, 0.2) is 36.5 Å². The summed E-state index contributed by atoms with van der Waals surface area (Å²) in [7, 11) is 0. The van der Waals surface area contributed by atoms with Crippen molar-refractivity contribution in [1.29, 1.82) is 0 Å². The minimum absolute atomic E-state index is 0.00184. The number of hydrogen-bond donors (Lipinski definition) is 3. The molecular formula is C76H145NO5. The average Bonchev–Trinajstić information content (AvgIpc) is 3.48. The fourth-order valence-electron chi connectivity index (χ4n) is 11.7. The molecule has 0 aromatic rings. The lowest BCUT2D eigenvalue weighted by molar-refractivity contribution is -0.143. The molecule has 0 radical (unpaired) electrons. The molecule has 0 aliphatic heterocycles. The minimum Gasteiger partial charge on any atom is -0.466 e. The predicted octanol–water partition coefficient (Wildman–Crippen LogP) is 24.3. The molecule has 0 rings (SSSR count). The minimum atomic E-state index is -0.671. The summed E-state index contributed by atoms with van der Waals surface area (Å²) in [5.41, 5.74) is 0. The first-order valence-electron chi connectivity index (χ1n) is 37.2. The SMILES string of the molecule is CCCCCCCC/C=C\CCCCCCCC(=O)OCCCCCCCCCCC/C=C\C/C=C\CCCCCCCCCCCC(=O)NC(CO)C(O)CCCCCCCCCCCCCCCCCCCCCCCCCCC. The van der Waals surface area contributed by atoms with Crippen LogP contribution in [0.1, 0.15) is 412 Å². The Hall–Kier alpha value is -1.92. The molecule has 0 saturated heterocycles. The number of hydrogen-bond acceptors (Lipinski definition) is 5. The molecule has 0 aliphatic rings. The van der Waals surface area contributed by atoms with Crippen molar-refractivity contribution in [1.82, 2.24) is 5.32 Å². The largest absolute Gasteiger partial charge is 0.466 e. The van der Waals surface area contributed by atoms with E-state index in [1.165, 1.54) is 327 Å². The second-order valence-electron chi connectivity index (χ2n) is 25.6. The highest BCUT2D eigenvalue weighted by molar-refractivity contribution is 5.76. The third-order valence-corrected chi connectivity index (χ3v) is 17.4. The first-order valence-corrected chi connectivity index (χ1v) is 37.2. The Morgan fingerprint density at radius 3 is 0.939 bits per heavy atom. The van der Waals surface area contributed by atoms with E-state index in [1.54, 1.807) is 0 Å². The van der Waals surface area contributed by atoms with Crippen LogP contribution in [0, 0.1) is 0 Å². The van der Waals surface area contributed by atoms with Crippen molar-refractivity contribution in [3.8, 4) is 0 Å². The first kappa shape index (κ1) is 80.1. The fourth-order valence-corrected chi connectivity index (χ4v) is 11.7. The number of amides is 1. The molecule has 484 valence electrons. The zero-order valence-corrected chi connectivity index (χ0v) is 55.5. The van der Waals surface area contributed by atoms with Gasteiger partial charge >= 0.3 is 5.97 Å². The van der Waals surface area contributed by atoms with Gasteiger partial charge in [0.25, 0.3) is 0 Å². The lowest BCUT2D eigenvalue weighted by Gasteiger charge is -2.22. The number of rotatable bonds is 70. The van der Waals surface area contributed by atoms with E-state index in [4.69, 9.17) is 4.74 Å². The van der Waals surface area contributed by atoms with Gasteiger partial charge in [0.1, 0.15) is 0 Å². The van der Waals surface area contributed by atoms with Gasteiger partial charge in [0.2, 0.25) is 5.91 Å². The van der Waals surface area contributed by atoms with Gasteiger partial charge in [-0.15, -0.1) is 0 Å². The Labute approximate surface area is 513 Å². The highest BCUT2D eigenvalue weighted by Crippen LogP contribution is 2.19. The van der Waals surface area contributed by atoms with E-state index >= 15 is 0 Å². The summed E-state index contributed by atoms with van der Waals surface area (Å²) < 4.78 is 5.49. The molecule has 0 aromatic carbocycles. The van der Waals surface area contributed by atoms with Gasteiger partial charge in [-0.25, -0.2) is 0 Å². The van der Waals surface area contributed by atoms with Crippen molar-refractivity contribution in [2.45, 2.75) is 424 Å². The van der Waals surface area contributed by atoms with Gasteiger partial charge in [0, 0.05) is 12.8 Å². The molecular weight excluding hydrogens is 1010 g/mol. The molecule has 0 heterocycles. The molecule has 2 unspecified atom stereocenters. The molecule has 82 heavy (non-hydrogen) atoms. The van der Waals surface area contributed by atoms with Crippen molar-refractivity contribution >= 4 is 11.9 Å². The van der Waals surface area contributed by atoms with Gasteiger partial charge < -0.3 is 20.3 Å². The van der Waals surface area contributed by atoms with E-state index in [0.717, 1.165) is 51.4 Å². The molecule has 6 heteroatoms. The molecule has 2 atom stereocenters. The summed E-state index contributed by atoms with van der Waals surface area (Å²) in [6, 6.07) is -0.548. The van der Waals surface area contributed by atoms with E-state index in [2.05, 4.69) is 55.6 Å². The molecule has 0 aliphatic carbocycles. The quantitative estimate of drug-likeness (QED) is 0.0320. The van der Waals surface area contributed by atoms with Crippen molar-refractivity contribution in [3.05, 3.63) is 36.5 Å². The summed E-state index contributed by atoms with van der Waals surface area (Å²) in [6.45, 7) is 4.98. The standard InChI is InChI=1S/C76H145NO5/c1-3-5-7-9-11-13-15-17-19-20-21-22-23-25-28-31-34-37-41-44-48-52-56-60-64-68-74(79)73(72-78)77-75(80)69-65-61-57-53-49-45-42-38-35-32-29-26-24-27-30-33-36-39-43-47-51-55-59-63-67-71-82-76(81)70-66-62-58-54-50-46-40-18-16-14-12-10-8-6-4-2/h18,26-27,29-30,40,73-74,78-79H,3-17,19-25,28,31-39,41-72H2,1-2H3,(H,77,80)/b29-26-,30-27-,40-18-. The van der Waals surface area contributed by atoms with Crippen LogP contribution in [-0.2, 0) is 14.3 Å². The number of unbranched alkanes of at least 4 members (excludes halogenated alkanes) is 53. The van der Waals surface area contributed by atoms with E-state index in [0.29, 0.717) is 25.9 Å². The van der Waals surface area contributed by atoms with Crippen LogP contribution in [0.2, 0.25) is 0 Å². The summed E-state index contributed by atoms with van der Waals surface area (Å²) in [4.78, 5) is 24.6. The van der Waals surface area contributed by atoms with Crippen molar-refractivity contribution in [2.75, 3.05) is 13.2 Å². The smallest absolute Gasteiger partial charge is 0.305 e. The molecule has 0 bridgehead atoms. The monoisotopic (exact) mass is 1150 g/mol. The van der Waals surface area contributed by atoms with Crippen LogP contribution in [0.3, 0.4) is 0 Å². The fraction of sp³-hybridized carbons (Fsp3) is 0.895. The number of esters is 1. The first-order chi connectivity index (χ1) is 40.5. The molecule has 3 N–H and O–H groups in total. The summed E-state index contributed by atoms with van der Waals surface area (Å²) in [5, 5.41) is 23.5. The van der Waals surface area contributed by atoms with Gasteiger partial charge in [0.05, 0.1) is 25.4 Å². The highest BCUT2D eigenvalue weighted by atomic mass is 16.5. The number of carbonyl (C=O) groups is 2. The summed E-state index contributed by atoms with van der Waals surface area (Å²) in [5.74, 6) is -0.0347. The zero-order chi connectivity index (χ0) is 59.2. The maximum Gasteiger partial charge on any atom is 0.305 e. The number of aliphatic hydroxyl groups excluding tert-OH is 2. The van der Waals surface area contributed by atoms with Gasteiger partial charge in [0.15, 0.2) is 0 Å². The lowest BCUT2D eigenvalue weighted by Crippen LogP contribution is -2.45. The maximum atomic E-state index is 12.6. The number of nitrogens with one attached hydrogen (secondary N) is 1. The Bertz CT molecular complexity index is 1330. The Morgan fingerprint density at radius 1 is 0.341 bits per heavy atom. The maximum absolute atomic E-state index is 12.6. The Kier molecular flexibility index (Phi) is 69.9. The van der Waals surface area contributed by atoms with Gasteiger partial charge in [-0.3, -0.25) is 9.59 Å². The van der Waals surface area contributed by atoms with E-state index in [9.17, 15) is 19.8 Å². The molecule has 0 aromatic heterocycles. The van der Waals surface area contributed by atoms with Crippen LogP contribution < -0.4 is 5.32 Å². The van der Waals surface area contributed by atoms with Crippen LogP contribution >= 0.6 is 0 Å². The number of ether oxygens (including phenoxy) is 1. The topological polar surface area (TPSA) is 95.9 Å². The normalized spacial score (nSPS) is 12.7. The van der Waals surface area contributed by atoms with Crippen LogP contribution in [-0.4, -0.2) is 47.4 Å². The third-order valence-electron chi connectivity index (χ3n) is 17.4. The van der Waals surface area contributed by atoms with E-state index in [-0.39, 0.29) is 18.5 Å². The number of carbonyl (C=O) groups excluding carboxylic acids is 2. The molecule has 0 spiro atoms. The Balaban J connectivity index is 3.43. The van der Waals surface area contributed by atoms with Crippen molar-refractivity contribution in [2.24, 2.45) is 0 Å². The second-order valence-corrected chi connectivity index (χ2v) is 25.6. The number of allylic oxidation sites excluding steroid dienone is 6. The van der Waals surface area contributed by atoms with Gasteiger partial charge in [-0.1, -0.05) is 352 Å². The van der Waals surface area contributed by atoms with E-state index < -0.39 is 12.1 Å². The second kappa shape index (κ2) is 71.6. The van der Waals surface area contributed by atoms with Gasteiger partial charge in [-0.2, -0.15) is 0 Å². The number of aliphatic hydroxyl groups is 2. The van der Waals surface area contributed by atoms with Gasteiger partial charge in [-0.05, 0) is 83.5 Å². The molecule has 1 amide bonds. The van der Waals surface area contributed by atoms with Crippen LogP contribution in [0.25, 0.3) is 0 Å². The van der Waals surface area contributed by atoms with E-state index in [1.807, 2.05) is 0 Å². The molecule has 0 fully saturated rings. The highest BCUT2D eigenvalue weighted by Gasteiger charge is 2.20.